The first-order valence-corrected chi connectivity index (χ1v) is 6.35. The molecule has 0 saturated heterocycles. The summed E-state index contributed by atoms with van der Waals surface area (Å²) in [5.41, 5.74) is 3.74. The van der Waals surface area contributed by atoms with Gasteiger partial charge in [0.05, 0.1) is 6.61 Å². The maximum absolute atomic E-state index is 11.5. The molecule has 0 heterocycles. The van der Waals surface area contributed by atoms with Gasteiger partial charge in [0.15, 0.2) is 0 Å². The predicted molar refractivity (Wildman–Crippen MR) is 70.1 cm³/mol. The summed E-state index contributed by atoms with van der Waals surface area (Å²) in [5, 5.41) is 0. The van der Waals surface area contributed by atoms with Crippen molar-refractivity contribution in [3.05, 3.63) is 34.9 Å². The molecule has 1 aromatic carbocycles. The van der Waals surface area contributed by atoms with E-state index in [9.17, 15) is 4.79 Å². The molecule has 0 N–H and O–H groups in total. The number of hydrogen-bond acceptors (Lipinski definition) is 2. The van der Waals surface area contributed by atoms with Gasteiger partial charge in [-0.3, -0.25) is 4.79 Å². The molecule has 0 spiro atoms. The lowest BCUT2D eigenvalue weighted by Gasteiger charge is -2.07. The van der Waals surface area contributed by atoms with Crippen LogP contribution in [0.1, 0.15) is 42.9 Å². The molecule has 0 aromatic heterocycles. The van der Waals surface area contributed by atoms with Gasteiger partial charge in [-0.2, -0.15) is 0 Å². The lowest BCUT2D eigenvalue weighted by atomic mass is 10.0. The Hall–Kier alpha value is -1.31. The molecule has 0 atom stereocenters. The Balaban J connectivity index is 2.39. The number of aryl methyl sites for hydroxylation is 3. The summed E-state index contributed by atoms with van der Waals surface area (Å²) >= 11 is 0. The maximum atomic E-state index is 11.5. The molecule has 0 bridgehead atoms. The fraction of sp³-hybridized carbons (Fsp3) is 0.533. The molecule has 0 unspecified atom stereocenters. The third kappa shape index (κ3) is 5.03. The molecule has 17 heavy (non-hydrogen) atoms. The highest BCUT2D eigenvalue weighted by Gasteiger charge is 2.05. The Kier molecular flexibility index (Phi) is 5.75. The summed E-state index contributed by atoms with van der Waals surface area (Å²) in [4.78, 5) is 11.5. The number of carbonyl (C=O) groups excluding carboxylic acids is 1. The quantitative estimate of drug-likeness (QED) is 0.555. The highest BCUT2D eigenvalue weighted by Crippen LogP contribution is 2.13. The molecular formula is C15H22O2. The van der Waals surface area contributed by atoms with Crippen molar-refractivity contribution >= 4 is 5.97 Å². The second-order valence-corrected chi connectivity index (χ2v) is 4.50. The number of hydrogen-bond donors (Lipinski definition) is 0. The summed E-state index contributed by atoms with van der Waals surface area (Å²) in [6.45, 7) is 6.80. The van der Waals surface area contributed by atoms with Crippen LogP contribution in [0.15, 0.2) is 18.2 Å². The van der Waals surface area contributed by atoms with Gasteiger partial charge in [-0.25, -0.2) is 0 Å². The van der Waals surface area contributed by atoms with Crippen LogP contribution in [0.2, 0.25) is 0 Å². The van der Waals surface area contributed by atoms with E-state index < -0.39 is 0 Å². The fourth-order valence-electron chi connectivity index (χ4n) is 1.71. The maximum Gasteiger partial charge on any atom is 0.306 e. The van der Waals surface area contributed by atoms with Crippen molar-refractivity contribution in [2.75, 3.05) is 6.61 Å². The van der Waals surface area contributed by atoms with Gasteiger partial charge in [0.25, 0.3) is 0 Å². The number of esters is 1. The van der Waals surface area contributed by atoms with E-state index in [0.717, 1.165) is 19.3 Å². The minimum Gasteiger partial charge on any atom is -0.466 e. The van der Waals surface area contributed by atoms with Crippen LogP contribution in [-0.2, 0) is 16.0 Å². The standard InChI is InChI=1S/C15H22O2/c1-4-5-10-17-15(16)9-8-14-11-12(2)6-7-13(14)3/h6-7,11H,4-5,8-10H2,1-3H3. The van der Waals surface area contributed by atoms with Crippen LogP contribution in [0, 0.1) is 13.8 Å². The van der Waals surface area contributed by atoms with Gasteiger partial charge < -0.3 is 4.74 Å². The highest BCUT2D eigenvalue weighted by atomic mass is 16.5. The number of ether oxygens (including phenoxy) is 1. The smallest absolute Gasteiger partial charge is 0.306 e. The summed E-state index contributed by atoms with van der Waals surface area (Å²) < 4.78 is 5.14. The third-order valence-electron chi connectivity index (χ3n) is 2.86. The molecule has 1 aromatic rings. The molecule has 0 radical (unpaired) electrons. The average molecular weight is 234 g/mol. The number of rotatable bonds is 6. The van der Waals surface area contributed by atoms with Crippen molar-refractivity contribution in [2.45, 2.75) is 46.5 Å². The first-order valence-electron chi connectivity index (χ1n) is 6.35. The fourth-order valence-corrected chi connectivity index (χ4v) is 1.71. The summed E-state index contributed by atoms with van der Waals surface area (Å²) in [6, 6.07) is 6.35. The minimum absolute atomic E-state index is 0.0839. The second-order valence-electron chi connectivity index (χ2n) is 4.50. The summed E-state index contributed by atoms with van der Waals surface area (Å²) in [7, 11) is 0. The van der Waals surface area contributed by atoms with E-state index >= 15 is 0 Å². The van der Waals surface area contributed by atoms with Gasteiger partial charge in [0.1, 0.15) is 0 Å². The van der Waals surface area contributed by atoms with E-state index in [1.54, 1.807) is 0 Å². The highest BCUT2D eigenvalue weighted by molar-refractivity contribution is 5.69. The Labute approximate surface area is 104 Å². The molecule has 0 saturated carbocycles. The van der Waals surface area contributed by atoms with Gasteiger partial charge in [-0.15, -0.1) is 0 Å². The zero-order valence-corrected chi connectivity index (χ0v) is 11.1. The van der Waals surface area contributed by atoms with Crippen LogP contribution in [0.4, 0.5) is 0 Å². The second kappa shape index (κ2) is 7.10. The van der Waals surface area contributed by atoms with Crippen molar-refractivity contribution in [1.82, 2.24) is 0 Å². The zero-order chi connectivity index (χ0) is 12.7. The minimum atomic E-state index is -0.0839. The number of unbranched alkanes of at least 4 members (excludes halogenated alkanes) is 1. The van der Waals surface area contributed by atoms with Crippen molar-refractivity contribution in [2.24, 2.45) is 0 Å². The largest absolute Gasteiger partial charge is 0.466 e. The van der Waals surface area contributed by atoms with E-state index in [-0.39, 0.29) is 5.97 Å². The van der Waals surface area contributed by atoms with Crippen LogP contribution in [0.25, 0.3) is 0 Å². The van der Waals surface area contributed by atoms with Crippen molar-refractivity contribution in [1.29, 1.82) is 0 Å². The SMILES string of the molecule is CCCCOC(=O)CCc1cc(C)ccc1C. The van der Waals surface area contributed by atoms with E-state index in [1.807, 2.05) is 0 Å². The average Bonchev–Trinajstić information content (AvgIpc) is 2.31. The number of carbonyl (C=O) groups is 1. The molecule has 0 fully saturated rings. The molecule has 0 aliphatic heterocycles. The van der Waals surface area contributed by atoms with Crippen LogP contribution in [0.5, 0.6) is 0 Å². The molecule has 2 heteroatoms. The Morgan fingerprint density at radius 2 is 2.06 bits per heavy atom. The van der Waals surface area contributed by atoms with Gasteiger partial charge in [0, 0.05) is 6.42 Å². The van der Waals surface area contributed by atoms with Crippen molar-refractivity contribution in [3.8, 4) is 0 Å². The van der Waals surface area contributed by atoms with Crippen LogP contribution in [0.3, 0.4) is 0 Å². The van der Waals surface area contributed by atoms with Crippen LogP contribution in [-0.4, -0.2) is 12.6 Å². The van der Waals surface area contributed by atoms with E-state index in [2.05, 4.69) is 39.0 Å². The van der Waals surface area contributed by atoms with Gasteiger partial charge in [-0.1, -0.05) is 37.1 Å². The lowest BCUT2D eigenvalue weighted by Crippen LogP contribution is -2.07. The van der Waals surface area contributed by atoms with Crippen molar-refractivity contribution < 1.29 is 9.53 Å². The third-order valence-corrected chi connectivity index (χ3v) is 2.86. The van der Waals surface area contributed by atoms with Gasteiger partial charge in [-0.05, 0) is 37.8 Å². The monoisotopic (exact) mass is 234 g/mol. The Morgan fingerprint density at radius 1 is 1.29 bits per heavy atom. The van der Waals surface area contributed by atoms with E-state index in [0.29, 0.717) is 13.0 Å². The van der Waals surface area contributed by atoms with Crippen LogP contribution >= 0.6 is 0 Å². The Bertz CT molecular complexity index is 369. The number of benzene rings is 1. The molecule has 0 amide bonds. The molecule has 2 nitrogen and oxygen atoms in total. The zero-order valence-electron chi connectivity index (χ0n) is 11.1. The van der Waals surface area contributed by atoms with E-state index in [1.165, 1.54) is 16.7 Å². The topological polar surface area (TPSA) is 26.3 Å². The normalized spacial score (nSPS) is 10.3. The molecule has 94 valence electrons. The predicted octanol–water partition coefficient (Wildman–Crippen LogP) is 3.58. The van der Waals surface area contributed by atoms with Gasteiger partial charge in [0.2, 0.25) is 0 Å². The molecule has 0 aliphatic rings. The molecule has 1 rings (SSSR count). The van der Waals surface area contributed by atoms with Gasteiger partial charge >= 0.3 is 5.97 Å². The van der Waals surface area contributed by atoms with Crippen LogP contribution < -0.4 is 0 Å². The molecule has 0 aliphatic carbocycles. The Morgan fingerprint density at radius 3 is 2.76 bits per heavy atom. The summed E-state index contributed by atoms with van der Waals surface area (Å²) in [6.07, 6.45) is 3.27. The first kappa shape index (κ1) is 13.8. The van der Waals surface area contributed by atoms with E-state index in [4.69, 9.17) is 4.74 Å². The first-order chi connectivity index (χ1) is 8.13. The molecular weight excluding hydrogens is 212 g/mol. The lowest BCUT2D eigenvalue weighted by molar-refractivity contribution is -0.143. The summed E-state index contributed by atoms with van der Waals surface area (Å²) in [5.74, 6) is -0.0839. The van der Waals surface area contributed by atoms with Crippen molar-refractivity contribution in [3.63, 3.8) is 0 Å².